The van der Waals surface area contributed by atoms with Crippen molar-refractivity contribution in [3.63, 3.8) is 0 Å². The molecule has 0 saturated carbocycles. The predicted molar refractivity (Wildman–Crippen MR) is 148 cm³/mol. The Bertz CT molecular complexity index is 1580. The maximum Gasteiger partial charge on any atom is 0.256 e. The molecule has 5 aromatic rings. The molecule has 1 heterocycles. The minimum Gasteiger partial charge on any atom is -0.322 e. The van der Waals surface area contributed by atoms with Gasteiger partial charge in [0.1, 0.15) is 0 Å². The van der Waals surface area contributed by atoms with E-state index in [1.54, 1.807) is 36.4 Å². The summed E-state index contributed by atoms with van der Waals surface area (Å²) in [5.41, 5.74) is 5.68. The lowest BCUT2D eigenvalue weighted by Crippen LogP contribution is -2.14. The number of carbonyl (C=O) groups is 2. The number of nitrogens with zero attached hydrogens (tertiary/aromatic N) is 1. The van der Waals surface area contributed by atoms with Crippen LogP contribution in [-0.4, -0.2) is 16.8 Å². The van der Waals surface area contributed by atoms with Gasteiger partial charge in [-0.3, -0.25) is 9.59 Å². The Hall–Kier alpha value is -4.29. The molecule has 0 radical (unpaired) electrons. The van der Waals surface area contributed by atoms with Crippen LogP contribution in [0, 0.1) is 6.92 Å². The molecule has 0 aliphatic rings. The molecular weight excluding hydrogens is 514 g/mol. The van der Waals surface area contributed by atoms with E-state index in [2.05, 4.69) is 26.6 Å². The van der Waals surface area contributed by atoms with E-state index in [0.717, 1.165) is 26.5 Å². The summed E-state index contributed by atoms with van der Waals surface area (Å²) in [5, 5.41) is 6.64. The summed E-state index contributed by atoms with van der Waals surface area (Å²) in [6.07, 6.45) is 0. The van der Waals surface area contributed by atoms with Crippen LogP contribution in [0.5, 0.6) is 0 Å². The van der Waals surface area contributed by atoms with Crippen molar-refractivity contribution < 1.29 is 9.59 Å². The summed E-state index contributed by atoms with van der Waals surface area (Å²) in [6.45, 7) is 1.99. The van der Waals surface area contributed by atoms with E-state index >= 15 is 0 Å². The number of nitrogens with one attached hydrogen (secondary N) is 2. The minimum atomic E-state index is -0.252. The summed E-state index contributed by atoms with van der Waals surface area (Å²) in [5.74, 6) is -0.466. The number of hydrogen-bond acceptors (Lipinski definition) is 3. The fourth-order valence-corrected chi connectivity index (χ4v) is 4.23. The van der Waals surface area contributed by atoms with Crippen LogP contribution in [0.4, 0.5) is 11.4 Å². The van der Waals surface area contributed by atoms with Gasteiger partial charge in [0, 0.05) is 32.4 Å². The van der Waals surface area contributed by atoms with Crippen LogP contribution in [0.25, 0.3) is 22.2 Å². The molecular formula is C30H22BrN3O2. The molecule has 4 aromatic carbocycles. The number of rotatable bonds is 5. The molecule has 1 aromatic heterocycles. The third-order valence-corrected chi connectivity index (χ3v) is 6.29. The number of hydrogen-bond donors (Lipinski definition) is 2. The van der Waals surface area contributed by atoms with E-state index in [9.17, 15) is 9.59 Å². The van der Waals surface area contributed by atoms with E-state index in [4.69, 9.17) is 4.98 Å². The van der Waals surface area contributed by atoms with Gasteiger partial charge in [-0.15, -0.1) is 0 Å². The first-order chi connectivity index (χ1) is 17.5. The zero-order valence-electron chi connectivity index (χ0n) is 19.5. The molecule has 0 aliphatic heterocycles. The SMILES string of the molecule is Cc1ccc2nc(-c3ccc(Br)cc3)cc(C(=O)Nc3cccc(NC(=O)c4ccccc4)c3)c2c1. The molecule has 2 N–H and O–H groups in total. The normalized spacial score (nSPS) is 10.7. The zero-order valence-corrected chi connectivity index (χ0v) is 21.0. The van der Waals surface area contributed by atoms with Crippen LogP contribution < -0.4 is 10.6 Å². The van der Waals surface area contributed by atoms with Crippen LogP contribution in [0.2, 0.25) is 0 Å². The minimum absolute atomic E-state index is 0.214. The van der Waals surface area contributed by atoms with Crippen LogP contribution in [0.1, 0.15) is 26.3 Å². The number of halogens is 1. The van der Waals surface area contributed by atoms with E-state index in [0.29, 0.717) is 28.2 Å². The first-order valence-corrected chi connectivity index (χ1v) is 12.2. The fraction of sp³-hybridized carbons (Fsp3) is 0.0333. The highest BCUT2D eigenvalue weighted by molar-refractivity contribution is 9.10. The number of carbonyl (C=O) groups excluding carboxylic acids is 2. The molecule has 0 bridgehead atoms. The summed E-state index contributed by atoms with van der Waals surface area (Å²) >= 11 is 3.46. The molecule has 2 amide bonds. The van der Waals surface area contributed by atoms with E-state index in [-0.39, 0.29) is 11.8 Å². The van der Waals surface area contributed by atoms with Crippen LogP contribution in [-0.2, 0) is 0 Å². The molecule has 0 atom stereocenters. The average Bonchev–Trinajstić information content (AvgIpc) is 2.89. The highest BCUT2D eigenvalue weighted by Gasteiger charge is 2.15. The second-order valence-electron chi connectivity index (χ2n) is 8.44. The molecule has 176 valence electrons. The van der Waals surface area contributed by atoms with Gasteiger partial charge in [-0.05, 0) is 67.6 Å². The van der Waals surface area contributed by atoms with Crippen LogP contribution in [0.3, 0.4) is 0 Å². The topological polar surface area (TPSA) is 71.1 Å². The quantitative estimate of drug-likeness (QED) is 0.245. The zero-order chi connectivity index (χ0) is 25.1. The maximum atomic E-state index is 13.5. The van der Waals surface area contributed by atoms with Gasteiger partial charge in [-0.1, -0.05) is 64.0 Å². The first-order valence-electron chi connectivity index (χ1n) is 11.4. The van der Waals surface area contributed by atoms with Crippen molar-refractivity contribution in [1.29, 1.82) is 0 Å². The third kappa shape index (κ3) is 5.19. The monoisotopic (exact) mass is 535 g/mol. The summed E-state index contributed by atoms with van der Waals surface area (Å²) in [6, 6.07) is 31.6. The lowest BCUT2D eigenvalue weighted by molar-refractivity contribution is 0.102. The largest absolute Gasteiger partial charge is 0.322 e. The second kappa shape index (κ2) is 10.1. The molecule has 0 spiro atoms. The number of fused-ring (bicyclic) bond motifs is 1. The Labute approximate surface area is 217 Å². The van der Waals surface area contributed by atoms with Crippen LogP contribution >= 0.6 is 15.9 Å². The van der Waals surface area contributed by atoms with Gasteiger partial charge < -0.3 is 10.6 Å². The molecule has 0 fully saturated rings. The van der Waals surface area contributed by atoms with Gasteiger partial charge >= 0.3 is 0 Å². The highest BCUT2D eigenvalue weighted by atomic mass is 79.9. The van der Waals surface area contributed by atoms with Crippen molar-refractivity contribution in [2.45, 2.75) is 6.92 Å². The number of aromatic nitrogens is 1. The van der Waals surface area contributed by atoms with E-state index < -0.39 is 0 Å². The van der Waals surface area contributed by atoms with E-state index in [1.165, 1.54) is 0 Å². The first kappa shape index (κ1) is 23.5. The molecule has 6 heteroatoms. The summed E-state index contributed by atoms with van der Waals surface area (Å²) in [4.78, 5) is 30.8. The Morgan fingerprint density at radius 3 is 2.14 bits per heavy atom. The molecule has 0 aliphatic carbocycles. The van der Waals surface area contributed by atoms with Gasteiger partial charge in [-0.2, -0.15) is 0 Å². The summed E-state index contributed by atoms with van der Waals surface area (Å²) < 4.78 is 0.972. The lowest BCUT2D eigenvalue weighted by atomic mass is 10.0. The summed E-state index contributed by atoms with van der Waals surface area (Å²) in [7, 11) is 0. The maximum absolute atomic E-state index is 13.5. The Kier molecular flexibility index (Phi) is 6.60. The van der Waals surface area contributed by atoms with E-state index in [1.807, 2.05) is 73.7 Å². The Balaban J connectivity index is 1.45. The smallest absolute Gasteiger partial charge is 0.256 e. The van der Waals surface area contributed by atoms with Crippen LogP contribution in [0.15, 0.2) is 108 Å². The number of benzene rings is 4. The fourth-order valence-electron chi connectivity index (χ4n) is 3.96. The highest BCUT2D eigenvalue weighted by Crippen LogP contribution is 2.28. The predicted octanol–water partition coefficient (Wildman–Crippen LogP) is 7.48. The van der Waals surface area contributed by atoms with Gasteiger partial charge in [0.2, 0.25) is 0 Å². The average molecular weight is 536 g/mol. The lowest BCUT2D eigenvalue weighted by Gasteiger charge is -2.12. The number of pyridine rings is 1. The van der Waals surface area contributed by atoms with Crippen molar-refractivity contribution in [1.82, 2.24) is 4.98 Å². The van der Waals surface area contributed by atoms with Crippen molar-refractivity contribution in [2.24, 2.45) is 0 Å². The third-order valence-electron chi connectivity index (χ3n) is 5.76. The molecule has 36 heavy (non-hydrogen) atoms. The molecule has 5 rings (SSSR count). The van der Waals surface area contributed by atoms with Crippen molar-refractivity contribution in [3.8, 4) is 11.3 Å². The Morgan fingerprint density at radius 2 is 1.42 bits per heavy atom. The molecule has 5 nitrogen and oxygen atoms in total. The van der Waals surface area contributed by atoms with Gasteiger partial charge in [0.15, 0.2) is 0 Å². The second-order valence-corrected chi connectivity index (χ2v) is 9.35. The van der Waals surface area contributed by atoms with Gasteiger partial charge in [0.25, 0.3) is 11.8 Å². The van der Waals surface area contributed by atoms with Gasteiger partial charge in [-0.25, -0.2) is 4.98 Å². The Morgan fingerprint density at radius 1 is 0.722 bits per heavy atom. The van der Waals surface area contributed by atoms with Crippen molar-refractivity contribution >= 4 is 50.0 Å². The van der Waals surface area contributed by atoms with Crippen molar-refractivity contribution in [2.75, 3.05) is 10.6 Å². The number of amides is 2. The standard InChI is InChI=1S/C30H22BrN3O2/c1-19-10-15-27-25(16-19)26(18-28(34-27)20-11-13-22(31)14-12-20)30(36)33-24-9-5-8-23(17-24)32-29(35)21-6-3-2-4-7-21/h2-18H,1H3,(H,32,35)(H,33,36). The number of anilines is 2. The molecule has 0 unspecified atom stereocenters. The molecule has 0 saturated heterocycles. The van der Waals surface area contributed by atoms with Crippen molar-refractivity contribution in [3.05, 3.63) is 124 Å². The number of aryl methyl sites for hydroxylation is 1. The van der Waals surface area contributed by atoms with Gasteiger partial charge in [0.05, 0.1) is 16.8 Å².